The van der Waals surface area contributed by atoms with Crippen molar-refractivity contribution >= 4 is 33.7 Å². The molecule has 1 amide bonds. The van der Waals surface area contributed by atoms with Crippen LogP contribution in [-0.4, -0.2) is 32.2 Å². The number of amides is 1. The average Bonchev–Trinajstić information content (AvgIpc) is 2.67. The fourth-order valence-corrected chi connectivity index (χ4v) is 3.32. The maximum absolute atomic E-state index is 12.6. The molecule has 26 heavy (non-hydrogen) atoms. The maximum Gasteiger partial charge on any atom is 0.265 e. The van der Waals surface area contributed by atoms with Crippen LogP contribution in [-0.2, 0) is 0 Å². The van der Waals surface area contributed by atoms with E-state index in [0.29, 0.717) is 33.8 Å². The molecule has 7 nitrogen and oxygen atoms in total. The molecule has 0 aliphatic carbocycles. The summed E-state index contributed by atoms with van der Waals surface area (Å²) in [6.07, 6.45) is 1.48. The van der Waals surface area contributed by atoms with Gasteiger partial charge in [-0.25, -0.2) is 4.98 Å². The number of carbonyl (C=O) groups excluding carboxylic acids is 1. The highest BCUT2D eigenvalue weighted by molar-refractivity contribution is 7.12. The highest BCUT2D eigenvalue weighted by Gasteiger charge is 2.16. The minimum absolute atomic E-state index is 0.281. The highest BCUT2D eigenvalue weighted by atomic mass is 32.1. The van der Waals surface area contributed by atoms with Crippen molar-refractivity contribution in [1.82, 2.24) is 4.98 Å². The van der Waals surface area contributed by atoms with Gasteiger partial charge in [-0.3, -0.25) is 9.59 Å². The molecule has 0 aliphatic heterocycles. The molecule has 0 unspecified atom stereocenters. The second kappa shape index (κ2) is 7.40. The third-order valence-electron chi connectivity index (χ3n) is 3.70. The first-order valence-electron chi connectivity index (χ1n) is 7.57. The molecule has 3 aromatic rings. The van der Waals surface area contributed by atoms with Crippen LogP contribution in [0.1, 0.15) is 9.67 Å². The molecule has 8 heteroatoms. The molecule has 0 bridgehead atoms. The van der Waals surface area contributed by atoms with Gasteiger partial charge in [0.2, 0.25) is 10.6 Å². The lowest BCUT2D eigenvalue weighted by molar-refractivity contribution is 0.103. The predicted octanol–water partition coefficient (Wildman–Crippen LogP) is 2.93. The first-order chi connectivity index (χ1) is 12.6. The van der Waals surface area contributed by atoms with Crippen molar-refractivity contribution < 1.29 is 19.0 Å². The molecule has 0 atom stereocenters. The number of aromatic nitrogens is 1. The Hall–Kier alpha value is -3.13. The minimum atomic E-state index is -0.393. The van der Waals surface area contributed by atoms with Crippen LogP contribution in [0.25, 0.3) is 10.8 Å². The lowest BCUT2D eigenvalue weighted by Gasteiger charge is -2.11. The van der Waals surface area contributed by atoms with Gasteiger partial charge in [0.05, 0.1) is 43.5 Å². The lowest BCUT2D eigenvalue weighted by atomic mass is 10.1. The van der Waals surface area contributed by atoms with Gasteiger partial charge >= 0.3 is 0 Å². The Morgan fingerprint density at radius 1 is 1.08 bits per heavy atom. The molecule has 1 aromatic carbocycles. The zero-order valence-corrected chi connectivity index (χ0v) is 15.2. The lowest BCUT2D eigenvalue weighted by Crippen LogP contribution is -2.13. The van der Waals surface area contributed by atoms with Crippen LogP contribution in [0.3, 0.4) is 0 Å². The number of nitrogens with zero attached hydrogens (tertiary/aromatic N) is 1. The molecule has 3 rings (SSSR count). The maximum atomic E-state index is 12.6. The van der Waals surface area contributed by atoms with Crippen molar-refractivity contribution in [2.24, 2.45) is 0 Å². The van der Waals surface area contributed by atoms with Crippen LogP contribution in [0.2, 0.25) is 0 Å². The van der Waals surface area contributed by atoms with Crippen LogP contribution in [0, 0.1) is 0 Å². The van der Waals surface area contributed by atoms with E-state index < -0.39 is 5.91 Å². The van der Waals surface area contributed by atoms with Gasteiger partial charge in [0.25, 0.3) is 5.91 Å². The zero-order chi connectivity index (χ0) is 18.7. The second-order valence-electron chi connectivity index (χ2n) is 5.21. The monoisotopic (exact) mass is 372 g/mol. The Kier molecular flexibility index (Phi) is 5.04. The van der Waals surface area contributed by atoms with E-state index in [4.69, 9.17) is 14.2 Å². The Balaban J connectivity index is 1.97. The Morgan fingerprint density at radius 3 is 2.50 bits per heavy atom. The number of hydrogen-bond acceptors (Lipinski definition) is 7. The number of nitrogens with one attached hydrogen (secondary N) is 1. The highest BCUT2D eigenvalue weighted by Crippen LogP contribution is 2.34. The van der Waals surface area contributed by atoms with Gasteiger partial charge in [0.15, 0.2) is 11.5 Å². The molecular formula is C18H16N2O5S. The first kappa shape index (κ1) is 17.7. The molecule has 0 saturated heterocycles. The molecule has 0 aliphatic rings. The number of ether oxygens (including phenoxy) is 3. The summed E-state index contributed by atoms with van der Waals surface area (Å²) >= 11 is 0.842. The fraction of sp³-hybridized carbons (Fsp3) is 0.167. The van der Waals surface area contributed by atoms with E-state index in [1.807, 2.05) is 0 Å². The summed E-state index contributed by atoms with van der Waals surface area (Å²) in [6, 6.07) is 8.36. The molecule has 0 fully saturated rings. The Morgan fingerprint density at radius 2 is 1.88 bits per heavy atom. The number of fused-ring (bicyclic) bond motifs is 1. The van der Waals surface area contributed by atoms with Crippen molar-refractivity contribution in [3.63, 3.8) is 0 Å². The van der Waals surface area contributed by atoms with E-state index in [1.54, 1.807) is 30.3 Å². The van der Waals surface area contributed by atoms with Gasteiger partial charge in [-0.2, -0.15) is 0 Å². The first-order valence-corrected chi connectivity index (χ1v) is 8.39. The molecule has 2 aromatic heterocycles. The standard InChI is InChI=1S/C18H16N2O5S/c1-23-12-6-4-10-8-13(26-18(22)15(10)16(12)25-3)17(21)20-11-5-7-14(24-2)19-9-11/h4-9H,1-3H3,(H,20,21). The third-order valence-corrected chi connectivity index (χ3v) is 4.61. The number of anilines is 1. The van der Waals surface area contributed by atoms with Gasteiger partial charge in [-0.05, 0) is 23.6 Å². The van der Waals surface area contributed by atoms with E-state index in [2.05, 4.69) is 10.3 Å². The van der Waals surface area contributed by atoms with Gasteiger partial charge in [0.1, 0.15) is 0 Å². The molecule has 0 radical (unpaired) electrons. The van der Waals surface area contributed by atoms with Gasteiger partial charge in [0, 0.05) is 6.07 Å². The van der Waals surface area contributed by atoms with Crippen LogP contribution >= 0.6 is 11.3 Å². The molecular weight excluding hydrogens is 356 g/mol. The van der Waals surface area contributed by atoms with Crippen molar-refractivity contribution in [2.45, 2.75) is 0 Å². The summed E-state index contributed by atoms with van der Waals surface area (Å²) in [5.74, 6) is 0.874. The van der Waals surface area contributed by atoms with E-state index in [0.717, 1.165) is 11.3 Å². The number of benzene rings is 1. The predicted molar refractivity (Wildman–Crippen MR) is 99.9 cm³/mol. The molecule has 134 valence electrons. The number of hydrogen-bond donors (Lipinski definition) is 1. The number of methoxy groups -OCH3 is 3. The van der Waals surface area contributed by atoms with E-state index >= 15 is 0 Å². The van der Waals surface area contributed by atoms with Gasteiger partial charge in [-0.15, -0.1) is 0 Å². The van der Waals surface area contributed by atoms with Crippen LogP contribution < -0.4 is 24.3 Å². The smallest absolute Gasteiger partial charge is 0.265 e. The van der Waals surface area contributed by atoms with E-state index in [-0.39, 0.29) is 9.62 Å². The molecule has 1 N–H and O–H groups in total. The van der Waals surface area contributed by atoms with E-state index in [1.165, 1.54) is 27.5 Å². The van der Waals surface area contributed by atoms with Gasteiger partial charge in [-0.1, -0.05) is 17.4 Å². The van der Waals surface area contributed by atoms with Crippen LogP contribution in [0.4, 0.5) is 5.69 Å². The normalized spacial score (nSPS) is 10.4. The Bertz CT molecular complexity index is 1010. The Labute approximate surface area is 153 Å². The summed E-state index contributed by atoms with van der Waals surface area (Å²) in [6.45, 7) is 0. The second-order valence-corrected chi connectivity index (χ2v) is 6.22. The largest absolute Gasteiger partial charge is 0.493 e. The zero-order valence-electron chi connectivity index (χ0n) is 14.4. The summed E-state index contributed by atoms with van der Waals surface area (Å²) in [7, 11) is 4.48. The topological polar surface area (TPSA) is 86.8 Å². The van der Waals surface area contributed by atoms with Crippen molar-refractivity contribution in [3.05, 3.63) is 50.9 Å². The SMILES string of the molecule is COc1ccc(NC(=O)c2cc3ccc(OC)c(OC)c3c(=O)s2)cn1. The number of carbonyl (C=O) groups is 1. The summed E-state index contributed by atoms with van der Waals surface area (Å²) in [4.78, 5) is 29.4. The molecule has 0 spiro atoms. The summed E-state index contributed by atoms with van der Waals surface area (Å²) < 4.78 is 15.2. The van der Waals surface area contributed by atoms with Crippen molar-refractivity contribution in [1.29, 1.82) is 0 Å². The number of pyridine rings is 1. The quantitative estimate of drug-likeness (QED) is 0.741. The molecule has 2 heterocycles. The average molecular weight is 372 g/mol. The van der Waals surface area contributed by atoms with E-state index in [9.17, 15) is 9.59 Å². The van der Waals surface area contributed by atoms with Crippen molar-refractivity contribution in [3.8, 4) is 17.4 Å². The van der Waals surface area contributed by atoms with Crippen LogP contribution in [0.15, 0.2) is 41.3 Å². The fourth-order valence-electron chi connectivity index (χ4n) is 2.47. The summed E-state index contributed by atoms with van der Waals surface area (Å²) in [5, 5.41) is 3.70. The summed E-state index contributed by atoms with van der Waals surface area (Å²) in [5.41, 5.74) is 0.503. The minimum Gasteiger partial charge on any atom is -0.493 e. The van der Waals surface area contributed by atoms with Crippen molar-refractivity contribution in [2.75, 3.05) is 26.6 Å². The van der Waals surface area contributed by atoms with Gasteiger partial charge < -0.3 is 19.5 Å². The molecule has 0 saturated carbocycles. The van der Waals surface area contributed by atoms with Crippen LogP contribution in [0.5, 0.6) is 17.4 Å². The number of rotatable bonds is 5. The third kappa shape index (κ3) is 3.31.